The van der Waals surface area contributed by atoms with Gasteiger partial charge < -0.3 is 14.4 Å². The number of hydrogen-bond donors (Lipinski definition) is 0. The highest BCUT2D eigenvalue weighted by Crippen LogP contribution is 2.25. The molecule has 2 aromatic carbocycles. The van der Waals surface area contributed by atoms with E-state index >= 15 is 0 Å². The highest BCUT2D eigenvalue weighted by atomic mass is 19.1. The van der Waals surface area contributed by atoms with Gasteiger partial charge in [-0.25, -0.2) is 4.39 Å². The molecule has 37 heavy (non-hydrogen) atoms. The fourth-order valence-electron chi connectivity index (χ4n) is 5.16. The van der Waals surface area contributed by atoms with Crippen LogP contribution in [-0.4, -0.2) is 44.8 Å². The van der Waals surface area contributed by atoms with Crippen molar-refractivity contribution >= 4 is 11.8 Å². The number of carbonyl (C=O) groups is 2. The zero-order valence-electron chi connectivity index (χ0n) is 22.0. The molecule has 0 N–H and O–H groups in total. The first kappa shape index (κ1) is 26.6. The lowest BCUT2D eigenvalue weighted by atomic mass is 9.94. The number of amides is 2. The van der Waals surface area contributed by atoms with Crippen molar-refractivity contribution in [3.8, 4) is 0 Å². The summed E-state index contributed by atoms with van der Waals surface area (Å²) < 4.78 is 15.7. The molecule has 5 nitrogen and oxygen atoms in total. The molecule has 1 heterocycles. The van der Waals surface area contributed by atoms with Crippen molar-refractivity contribution in [3.05, 3.63) is 95.6 Å². The quantitative estimate of drug-likeness (QED) is 0.327. The maximum atomic E-state index is 13.9. The maximum absolute atomic E-state index is 13.9. The Morgan fingerprint density at radius 1 is 0.973 bits per heavy atom. The van der Waals surface area contributed by atoms with Gasteiger partial charge in [0.25, 0.3) is 5.91 Å². The molecular formula is C31H38FN3O2. The van der Waals surface area contributed by atoms with E-state index in [0.29, 0.717) is 12.1 Å². The summed E-state index contributed by atoms with van der Waals surface area (Å²) in [6, 6.07) is 20.1. The molecule has 0 aliphatic heterocycles. The van der Waals surface area contributed by atoms with Crippen molar-refractivity contribution < 1.29 is 14.0 Å². The molecule has 1 atom stereocenters. The number of carbonyl (C=O) groups excluding carboxylic acids is 2. The third-order valence-electron chi connectivity index (χ3n) is 7.57. The fraction of sp³-hybridized carbons (Fsp3) is 0.419. The average molecular weight is 504 g/mol. The highest BCUT2D eigenvalue weighted by molar-refractivity contribution is 5.96. The molecule has 2 amide bonds. The van der Waals surface area contributed by atoms with Crippen molar-refractivity contribution in [2.45, 2.75) is 77.5 Å². The first-order valence-electron chi connectivity index (χ1n) is 13.5. The number of nitrogens with zero attached hydrogens (tertiary/aromatic N) is 3. The smallest absolute Gasteiger partial charge is 0.254 e. The molecule has 0 radical (unpaired) electrons. The summed E-state index contributed by atoms with van der Waals surface area (Å²) in [5.74, 6) is -0.654. The average Bonchev–Trinajstić information content (AvgIpc) is 3.37. The topological polar surface area (TPSA) is 45.6 Å². The van der Waals surface area contributed by atoms with Crippen LogP contribution in [0.4, 0.5) is 4.39 Å². The molecule has 196 valence electrons. The van der Waals surface area contributed by atoms with E-state index in [-0.39, 0.29) is 36.3 Å². The van der Waals surface area contributed by atoms with Gasteiger partial charge in [0.05, 0.1) is 6.54 Å². The molecule has 4 rings (SSSR count). The molecule has 6 heteroatoms. The van der Waals surface area contributed by atoms with Crippen LogP contribution >= 0.6 is 0 Å². The third-order valence-corrected chi connectivity index (χ3v) is 7.57. The minimum Gasteiger partial charge on any atom is -0.345 e. The van der Waals surface area contributed by atoms with E-state index < -0.39 is 0 Å². The Balaban J connectivity index is 1.56. The molecule has 1 aliphatic rings. The van der Waals surface area contributed by atoms with E-state index in [9.17, 15) is 14.0 Å². The van der Waals surface area contributed by atoms with Crippen molar-refractivity contribution in [3.63, 3.8) is 0 Å². The Hall–Kier alpha value is -3.41. The van der Waals surface area contributed by atoms with Gasteiger partial charge >= 0.3 is 0 Å². The molecular weight excluding hydrogens is 465 g/mol. The van der Waals surface area contributed by atoms with Gasteiger partial charge in [0, 0.05) is 36.1 Å². The molecule has 0 saturated heterocycles. The molecule has 1 fully saturated rings. The lowest BCUT2D eigenvalue weighted by molar-refractivity contribution is -0.136. The summed E-state index contributed by atoms with van der Waals surface area (Å²) in [5.41, 5.74) is 2.70. The lowest BCUT2D eigenvalue weighted by Crippen LogP contribution is -2.49. The van der Waals surface area contributed by atoms with E-state index in [1.54, 1.807) is 4.90 Å². The molecule has 0 spiro atoms. The monoisotopic (exact) mass is 503 g/mol. The van der Waals surface area contributed by atoms with Crippen LogP contribution in [0.3, 0.4) is 0 Å². The molecule has 1 unspecified atom stereocenters. The van der Waals surface area contributed by atoms with Crippen molar-refractivity contribution in [1.29, 1.82) is 0 Å². The Bertz CT molecular complexity index is 1150. The summed E-state index contributed by atoms with van der Waals surface area (Å²) >= 11 is 0. The minimum atomic E-state index is -0.385. The van der Waals surface area contributed by atoms with Gasteiger partial charge in [0.15, 0.2) is 0 Å². The normalized spacial score (nSPS) is 14.8. The number of benzene rings is 2. The predicted octanol–water partition coefficient (Wildman–Crippen LogP) is 6.28. The van der Waals surface area contributed by atoms with Gasteiger partial charge in [-0.05, 0) is 68.1 Å². The second-order valence-electron chi connectivity index (χ2n) is 10.1. The lowest BCUT2D eigenvalue weighted by Gasteiger charge is -2.37. The summed E-state index contributed by atoms with van der Waals surface area (Å²) in [7, 11) is 0. The van der Waals surface area contributed by atoms with Crippen LogP contribution in [0, 0.1) is 5.82 Å². The first-order chi connectivity index (χ1) is 18.0. The van der Waals surface area contributed by atoms with E-state index in [4.69, 9.17) is 0 Å². The molecule has 3 aromatic rings. The molecule has 1 aliphatic carbocycles. The van der Waals surface area contributed by atoms with Crippen LogP contribution in [0.1, 0.15) is 74.0 Å². The largest absolute Gasteiger partial charge is 0.345 e. The van der Waals surface area contributed by atoms with Crippen molar-refractivity contribution in [1.82, 2.24) is 14.4 Å². The van der Waals surface area contributed by atoms with E-state index in [1.807, 2.05) is 43.0 Å². The second-order valence-corrected chi connectivity index (χ2v) is 10.1. The van der Waals surface area contributed by atoms with E-state index in [2.05, 4.69) is 29.0 Å². The van der Waals surface area contributed by atoms with Crippen LogP contribution in [-0.2, 0) is 17.9 Å². The number of halogens is 1. The van der Waals surface area contributed by atoms with Gasteiger partial charge in [-0.1, -0.05) is 56.5 Å². The molecule has 1 aromatic heterocycles. The van der Waals surface area contributed by atoms with Gasteiger partial charge in [-0.2, -0.15) is 0 Å². The number of hydrogen-bond acceptors (Lipinski definition) is 2. The number of rotatable bonds is 10. The zero-order valence-corrected chi connectivity index (χ0v) is 22.0. The predicted molar refractivity (Wildman–Crippen MR) is 145 cm³/mol. The minimum absolute atomic E-state index is 0.0150. The van der Waals surface area contributed by atoms with Crippen LogP contribution < -0.4 is 0 Å². The maximum Gasteiger partial charge on any atom is 0.254 e. The van der Waals surface area contributed by atoms with Crippen LogP contribution in [0.5, 0.6) is 0 Å². The highest BCUT2D eigenvalue weighted by Gasteiger charge is 2.30. The summed E-state index contributed by atoms with van der Waals surface area (Å²) in [6.45, 7) is 5.25. The van der Waals surface area contributed by atoms with Gasteiger partial charge in [-0.15, -0.1) is 0 Å². The Labute approximate surface area is 219 Å². The Kier molecular flexibility index (Phi) is 9.15. The fourth-order valence-corrected chi connectivity index (χ4v) is 5.16. The van der Waals surface area contributed by atoms with Crippen LogP contribution in [0.15, 0.2) is 72.9 Å². The Morgan fingerprint density at radius 2 is 1.68 bits per heavy atom. The van der Waals surface area contributed by atoms with Gasteiger partial charge in [0.2, 0.25) is 5.91 Å². The SMILES string of the molecule is CCC(C)N(CC(=O)N(Cc1cccn1Cc1ccccc1)C1CCCCC1)C(=O)c1ccc(F)cc1. The number of aromatic nitrogens is 1. The third kappa shape index (κ3) is 6.88. The molecule has 0 bridgehead atoms. The van der Waals surface area contributed by atoms with Gasteiger partial charge in [-0.3, -0.25) is 9.59 Å². The zero-order chi connectivity index (χ0) is 26.2. The standard InChI is InChI=1S/C31H38FN3O2/c1-3-24(2)34(31(37)26-16-18-27(32)19-17-26)23-30(36)35(28-13-8-5-9-14-28)22-29-15-10-20-33(29)21-25-11-6-4-7-12-25/h4,6-7,10-12,15-20,24,28H,3,5,8-9,13-14,21-23H2,1-2H3. The van der Waals surface area contributed by atoms with Gasteiger partial charge in [0.1, 0.15) is 12.4 Å². The van der Waals surface area contributed by atoms with E-state index in [1.165, 1.54) is 36.2 Å². The Morgan fingerprint density at radius 3 is 2.35 bits per heavy atom. The summed E-state index contributed by atoms with van der Waals surface area (Å²) in [4.78, 5) is 31.0. The van der Waals surface area contributed by atoms with Crippen molar-refractivity contribution in [2.24, 2.45) is 0 Å². The summed E-state index contributed by atoms with van der Waals surface area (Å²) in [6.07, 6.45) is 8.19. The van der Waals surface area contributed by atoms with Crippen LogP contribution in [0.25, 0.3) is 0 Å². The first-order valence-corrected chi connectivity index (χ1v) is 13.5. The molecule has 1 saturated carbocycles. The van der Waals surface area contributed by atoms with E-state index in [0.717, 1.165) is 44.3 Å². The second kappa shape index (κ2) is 12.7. The van der Waals surface area contributed by atoms with Crippen molar-refractivity contribution in [2.75, 3.05) is 6.54 Å². The van der Waals surface area contributed by atoms with Crippen LogP contribution in [0.2, 0.25) is 0 Å². The summed E-state index contributed by atoms with van der Waals surface area (Å²) in [5, 5.41) is 0.